The number of esters is 1. The lowest BCUT2D eigenvalue weighted by Gasteiger charge is -2.30. The van der Waals surface area contributed by atoms with Crippen molar-refractivity contribution in [2.75, 3.05) is 6.54 Å². The molecule has 278 valence electrons. The van der Waals surface area contributed by atoms with E-state index in [1.165, 1.54) is 15.9 Å². The molecule has 4 amide bonds. The van der Waals surface area contributed by atoms with Crippen molar-refractivity contribution in [3.63, 3.8) is 0 Å². The highest BCUT2D eigenvalue weighted by atomic mass is 32.2. The molecule has 1 aromatic rings. The third-order valence-electron chi connectivity index (χ3n) is 10.2. The van der Waals surface area contributed by atoms with Crippen LogP contribution in [-0.2, 0) is 51.8 Å². The second-order valence-corrected chi connectivity index (χ2v) is 17.4. The number of hydrogen-bond donors (Lipinski definition) is 2. The average Bonchev–Trinajstić information content (AvgIpc) is 3.93. The molecule has 5 aliphatic rings. The van der Waals surface area contributed by atoms with Gasteiger partial charge in [0.15, 0.2) is 0 Å². The normalized spacial score (nSPS) is 29.0. The number of allylic oxidation sites excluding steroid dienone is 1. The van der Waals surface area contributed by atoms with Crippen LogP contribution in [0.5, 0.6) is 0 Å². The van der Waals surface area contributed by atoms with Gasteiger partial charge in [0.25, 0.3) is 5.91 Å². The minimum atomic E-state index is -3.91. The van der Waals surface area contributed by atoms with Crippen molar-refractivity contribution >= 4 is 39.8 Å². The zero-order valence-corrected chi connectivity index (χ0v) is 30.1. The molecule has 5 atom stereocenters. The van der Waals surface area contributed by atoms with Gasteiger partial charge in [-0.3, -0.25) is 28.8 Å². The van der Waals surface area contributed by atoms with E-state index in [1.54, 1.807) is 32.9 Å². The van der Waals surface area contributed by atoms with Gasteiger partial charge in [0.05, 0.1) is 24.8 Å². The van der Waals surface area contributed by atoms with E-state index in [-0.39, 0.29) is 38.9 Å². The van der Waals surface area contributed by atoms with Gasteiger partial charge in [0, 0.05) is 30.4 Å². The maximum absolute atomic E-state index is 14.4. The molecule has 0 aromatic heterocycles. The lowest BCUT2D eigenvalue weighted by molar-refractivity contribution is -0.159. The molecule has 51 heavy (non-hydrogen) atoms. The number of benzene rings is 1. The SMILES string of the molecule is CC(C)(C)OC(=O)C[C@H]1CCCCC/C=C\[C@H]2C[C@@]2(C(=O)NS(=O)(=O)C2CC2)NC(=O)[C@@H]2C[C@@H](OC(=O)N3Cc4cccc(F)c4C3)CN2C1=O. The highest BCUT2D eigenvalue weighted by Crippen LogP contribution is 2.46. The number of carbonyl (C=O) groups is 5. The number of sulfonamides is 1. The van der Waals surface area contributed by atoms with Crippen LogP contribution in [0.3, 0.4) is 0 Å². The highest BCUT2D eigenvalue weighted by Gasteiger charge is 2.62. The van der Waals surface area contributed by atoms with Crippen molar-refractivity contribution < 1.29 is 46.3 Å². The molecule has 3 aliphatic heterocycles. The van der Waals surface area contributed by atoms with Crippen molar-refractivity contribution in [1.82, 2.24) is 19.8 Å². The minimum Gasteiger partial charge on any atom is -0.460 e. The first-order valence-corrected chi connectivity index (χ1v) is 19.4. The Morgan fingerprint density at radius 3 is 2.55 bits per heavy atom. The van der Waals surface area contributed by atoms with Crippen LogP contribution in [0.1, 0.15) is 96.1 Å². The summed E-state index contributed by atoms with van der Waals surface area (Å²) in [5.41, 5.74) is -1.26. The van der Waals surface area contributed by atoms with Crippen LogP contribution in [0, 0.1) is 17.7 Å². The Kier molecular flexibility index (Phi) is 10.2. The molecule has 1 aromatic carbocycles. The molecule has 2 N–H and O–H groups in total. The number of ether oxygens (including phenoxy) is 2. The molecular weight excluding hydrogens is 683 g/mol. The second kappa shape index (κ2) is 14.2. The first-order valence-electron chi connectivity index (χ1n) is 17.9. The summed E-state index contributed by atoms with van der Waals surface area (Å²) < 4.78 is 53.4. The molecule has 0 bridgehead atoms. The molecule has 3 heterocycles. The smallest absolute Gasteiger partial charge is 0.410 e. The van der Waals surface area contributed by atoms with Gasteiger partial charge in [-0.25, -0.2) is 17.6 Å². The van der Waals surface area contributed by atoms with Crippen LogP contribution in [0.4, 0.5) is 9.18 Å². The summed E-state index contributed by atoms with van der Waals surface area (Å²) in [6.07, 6.45) is 6.08. The average molecular weight is 731 g/mol. The third-order valence-corrected chi connectivity index (χ3v) is 12.1. The maximum atomic E-state index is 14.4. The Labute approximate surface area is 297 Å². The quantitative estimate of drug-likeness (QED) is 0.328. The van der Waals surface area contributed by atoms with Crippen molar-refractivity contribution in [3.8, 4) is 0 Å². The lowest BCUT2D eigenvalue weighted by atomic mass is 9.95. The van der Waals surface area contributed by atoms with Crippen molar-refractivity contribution in [1.29, 1.82) is 0 Å². The maximum Gasteiger partial charge on any atom is 0.410 e. The van der Waals surface area contributed by atoms with Crippen molar-refractivity contribution in [2.45, 2.75) is 127 Å². The van der Waals surface area contributed by atoms with Crippen LogP contribution in [0.2, 0.25) is 0 Å². The molecule has 1 saturated heterocycles. The molecule has 0 spiro atoms. The molecule has 13 nitrogen and oxygen atoms in total. The van der Waals surface area contributed by atoms with Crippen LogP contribution in [0.25, 0.3) is 0 Å². The third kappa shape index (κ3) is 8.39. The second-order valence-electron chi connectivity index (χ2n) is 15.5. The van der Waals surface area contributed by atoms with Gasteiger partial charge in [0.1, 0.15) is 29.1 Å². The number of fused-ring (bicyclic) bond motifs is 3. The van der Waals surface area contributed by atoms with Gasteiger partial charge in [-0.2, -0.15) is 0 Å². The predicted molar refractivity (Wildman–Crippen MR) is 181 cm³/mol. The number of halogens is 1. The molecule has 0 radical (unpaired) electrons. The minimum absolute atomic E-state index is 0.00832. The number of hydrogen-bond acceptors (Lipinski definition) is 9. The standard InChI is InChI=1S/C36H47FN4O9S/c1-35(2,3)50-30(42)16-22-10-7-5-4-6-8-12-24-18-36(24,33(45)39-51(47,48)26-14-15-26)38-31(43)29-17-25(20-41(29)32(22)44)49-34(46)40-19-23-11-9-13-28(37)27(23)21-40/h8-9,11-13,22,24-26,29H,4-7,10,14-21H2,1-3H3,(H,38,43)(H,39,45)/b12-8-/t22-,24+,25-,29+,36-/m1/s1. The van der Waals surface area contributed by atoms with Crippen LogP contribution in [-0.4, -0.2) is 83.1 Å². The largest absolute Gasteiger partial charge is 0.460 e. The molecule has 15 heteroatoms. The van der Waals surface area contributed by atoms with E-state index in [4.69, 9.17) is 9.47 Å². The van der Waals surface area contributed by atoms with Gasteiger partial charge in [0.2, 0.25) is 21.8 Å². The fourth-order valence-electron chi connectivity index (χ4n) is 7.29. The van der Waals surface area contributed by atoms with E-state index in [9.17, 15) is 36.8 Å². The summed E-state index contributed by atoms with van der Waals surface area (Å²) in [7, 11) is -3.91. The summed E-state index contributed by atoms with van der Waals surface area (Å²) in [6, 6.07) is 3.43. The van der Waals surface area contributed by atoms with Crippen molar-refractivity contribution in [3.05, 3.63) is 47.3 Å². The van der Waals surface area contributed by atoms with Gasteiger partial charge in [-0.15, -0.1) is 0 Å². The Morgan fingerprint density at radius 2 is 1.84 bits per heavy atom. The number of nitrogens with one attached hydrogen (secondary N) is 2. The zero-order valence-electron chi connectivity index (χ0n) is 29.3. The Morgan fingerprint density at radius 1 is 1.08 bits per heavy atom. The first kappa shape index (κ1) is 36.8. The topological polar surface area (TPSA) is 168 Å². The number of amides is 4. The molecular formula is C36H47FN4O9S. The van der Waals surface area contributed by atoms with Crippen LogP contribution >= 0.6 is 0 Å². The summed E-state index contributed by atoms with van der Waals surface area (Å²) >= 11 is 0. The Hall–Kier alpha value is -4.01. The monoisotopic (exact) mass is 730 g/mol. The van der Waals surface area contributed by atoms with Gasteiger partial charge < -0.3 is 19.7 Å². The summed E-state index contributed by atoms with van der Waals surface area (Å²) in [4.78, 5) is 71.1. The number of nitrogens with zero attached hydrogens (tertiary/aromatic N) is 2. The Balaban J connectivity index is 1.25. The molecule has 2 saturated carbocycles. The Bertz CT molecular complexity index is 1720. The van der Waals surface area contributed by atoms with E-state index in [2.05, 4.69) is 10.0 Å². The van der Waals surface area contributed by atoms with E-state index in [0.717, 1.165) is 12.8 Å². The van der Waals surface area contributed by atoms with Crippen LogP contribution < -0.4 is 10.0 Å². The van der Waals surface area contributed by atoms with E-state index in [0.29, 0.717) is 43.2 Å². The summed E-state index contributed by atoms with van der Waals surface area (Å²) in [5, 5.41) is 2.15. The molecule has 0 unspecified atom stereocenters. The first-order chi connectivity index (χ1) is 24.1. The van der Waals surface area contributed by atoms with Gasteiger partial charge in [-0.05, 0) is 70.9 Å². The van der Waals surface area contributed by atoms with E-state index in [1.807, 2.05) is 12.2 Å². The fourth-order valence-corrected chi connectivity index (χ4v) is 8.65. The predicted octanol–water partition coefficient (Wildman–Crippen LogP) is 3.60. The van der Waals surface area contributed by atoms with Gasteiger partial charge >= 0.3 is 12.1 Å². The van der Waals surface area contributed by atoms with E-state index >= 15 is 0 Å². The molecule has 6 rings (SSSR count). The van der Waals surface area contributed by atoms with Crippen LogP contribution in [0.15, 0.2) is 30.4 Å². The fraction of sp³-hybridized carbons (Fsp3) is 0.639. The lowest BCUT2D eigenvalue weighted by Crippen LogP contribution is -2.57. The molecule has 3 fully saturated rings. The summed E-state index contributed by atoms with van der Waals surface area (Å²) in [6.45, 7) is 5.19. The van der Waals surface area contributed by atoms with Crippen molar-refractivity contribution in [2.24, 2.45) is 11.8 Å². The zero-order chi connectivity index (χ0) is 36.7. The number of rotatable bonds is 6. The number of carbonyl (C=O) groups excluding carboxylic acids is 5. The highest BCUT2D eigenvalue weighted by molar-refractivity contribution is 7.91. The molecule has 2 aliphatic carbocycles. The summed E-state index contributed by atoms with van der Waals surface area (Å²) in [5.74, 6) is -4.27. The van der Waals surface area contributed by atoms with E-state index < -0.39 is 86.0 Å². The van der Waals surface area contributed by atoms with Gasteiger partial charge in [-0.1, -0.05) is 37.1 Å².